The lowest BCUT2D eigenvalue weighted by atomic mass is 10.0. The van der Waals surface area contributed by atoms with Crippen molar-refractivity contribution in [1.82, 2.24) is 5.32 Å². The van der Waals surface area contributed by atoms with E-state index in [0.29, 0.717) is 6.04 Å². The van der Waals surface area contributed by atoms with Gasteiger partial charge in [-0.2, -0.15) is 0 Å². The number of hydrogen-bond acceptors (Lipinski definition) is 2. The molecule has 1 saturated carbocycles. The summed E-state index contributed by atoms with van der Waals surface area (Å²) in [5.74, 6) is 0.780. The summed E-state index contributed by atoms with van der Waals surface area (Å²) < 4.78 is 0. The molecule has 4 nitrogen and oxygen atoms in total. The standard InChI is InChI=1S/C17H27N3O/c1-12-5-3-7-15(10-9-12)19-17(21)20-16-8-4-6-14(11-16)13(2)18/h4,6,8,11-13,15H,3,5,7,9-10,18H2,1-2H3,(H2,19,20,21). The predicted octanol–water partition coefficient (Wildman–Crippen LogP) is 3.80. The molecule has 1 fully saturated rings. The molecule has 0 heterocycles. The third-order valence-electron chi connectivity index (χ3n) is 4.26. The third kappa shape index (κ3) is 5.05. The first-order valence-corrected chi connectivity index (χ1v) is 7.97. The molecule has 21 heavy (non-hydrogen) atoms. The second-order valence-electron chi connectivity index (χ2n) is 6.32. The molecular formula is C17H27N3O. The quantitative estimate of drug-likeness (QED) is 0.741. The molecule has 1 aromatic rings. The highest BCUT2D eigenvalue weighted by Gasteiger charge is 2.17. The van der Waals surface area contributed by atoms with Crippen LogP contribution in [0.25, 0.3) is 0 Å². The fraction of sp³-hybridized carbons (Fsp3) is 0.588. The number of urea groups is 1. The maximum Gasteiger partial charge on any atom is 0.319 e. The first kappa shape index (κ1) is 15.8. The zero-order chi connectivity index (χ0) is 15.2. The minimum atomic E-state index is -0.114. The molecule has 0 saturated heterocycles. The van der Waals surface area contributed by atoms with Crippen LogP contribution in [0.4, 0.5) is 10.5 Å². The van der Waals surface area contributed by atoms with Crippen molar-refractivity contribution in [3.8, 4) is 0 Å². The highest BCUT2D eigenvalue weighted by Crippen LogP contribution is 2.22. The largest absolute Gasteiger partial charge is 0.335 e. The summed E-state index contributed by atoms with van der Waals surface area (Å²) in [7, 11) is 0. The zero-order valence-corrected chi connectivity index (χ0v) is 13.1. The fourth-order valence-corrected chi connectivity index (χ4v) is 2.88. The number of carbonyl (C=O) groups is 1. The summed E-state index contributed by atoms with van der Waals surface area (Å²) in [5.41, 5.74) is 7.68. The fourth-order valence-electron chi connectivity index (χ4n) is 2.88. The maximum absolute atomic E-state index is 12.1. The number of benzene rings is 1. The van der Waals surface area contributed by atoms with E-state index in [4.69, 9.17) is 5.73 Å². The van der Waals surface area contributed by atoms with E-state index in [9.17, 15) is 4.79 Å². The number of nitrogens with two attached hydrogens (primary N) is 1. The van der Waals surface area contributed by atoms with E-state index in [1.54, 1.807) is 0 Å². The summed E-state index contributed by atoms with van der Waals surface area (Å²) in [6, 6.07) is 7.86. The SMILES string of the molecule is CC1CCCC(NC(=O)Nc2cccc(C(C)N)c2)CC1. The van der Waals surface area contributed by atoms with Crippen molar-refractivity contribution in [2.75, 3.05) is 5.32 Å². The van der Waals surface area contributed by atoms with E-state index in [2.05, 4.69) is 17.6 Å². The molecule has 2 rings (SSSR count). The van der Waals surface area contributed by atoms with Crippen LogP contribution in [0.5, 0.6) is 0 Å². The highest BCUT2D eigenvalue weighted by molar-refractivity contribution is 5.89. The van der Waals surface area contributed by atoms with Gasteiger partial charge in [0.15, 0.2) is 0 Å². The van der Waals surface area contributed by atoms with Crippen LogP contribution in [-0.2, 0) is 0 Å². The molecule has 3 unspecified atom stereocenters. The van der Waals surface area contributed by atoms with E-state index in [0.717, 1.165) is 30.0 Å². The number of carbonyl (C=O) groups excluding carboxylic acids is 1. The Kier molecular flexibility index (Phi) is 5.62. The highest BCUT2D eigenvalue weighted by atomic mass is 16.2. The summed E-state index contributed by atoms with van der Waals surface area (Å²) in [5, 5.41) is 6.01. The Bertz CT molecular complexity index is 473. The lowest BCUT2D eigenvalue weighted by molar-refractivity contribution is 0.247. The van der Waals surface area contributed by atoms with Gasteiger partial charge in [0, 0.05) is 17.8 Å². The molecule has 4 N–H and O–H groups in total. The van der Waals surface area contributed by atoms with Crippen LogP contribution in [-0.4, -0.2) is 12.1 Å². The van der Waals surface area contributed by atoms with Gasteiger partial charge in [0.05, 0.1) is 0 Å². The molecule has 0 spiro atoms. The molecule has 0 bridgehead atoms. The molecule has 0 radical (unpaired) electrons. The summed E-state index contributed by atoms with van der Waals surface area (Å²) in [4.78, 5) is 12.1. The maximum atomic E-state index is 12.1. The molecule has 3 atom stereocenters. The van der Waals surface area contributed by atoms with Gasteiger partial charge in [-0.3, -0.25) is 0 Å². The average Bonchev–Trinajstić information content (AvgIpc) is 2.64. The Labute approximate surface area is 127 Å². The normalized spacial score (nSPS) is 24.0. The van der Waals surface area contributed by atoms with Crippen LogP contribution < -0.4 is 16.4 Å². The van der Waals surface area contributed by atoms with Crippen LogP contribution >= 0.6 is 0 Å². The van der Waals surface area contributed by atoms with E-state index < -0.39 is 0 Å². The van der Waals surface area contributed by atoms with Gasteiger partial charge in [-0.15, -0.1) is 0 Å². The third-order valence-corrected chi connectivity index (χ3v) is 4.26. The second kappa shape index (κ2) is 7.46. The van der Waals surface area contributed by atoms with Gasteiger partial charge in [0.1, 0.15) is 0 Å². The van der Waals surface area contributed by atoms with Crippen molar-refractivity contribution in [1.29, 1.82) is 0 Å². The molecule has 2 amide bonds. The Balaban J connectivity index is 1.88. The van der Waals surface area contributed by atoms with E-state index >= 15 is 0 Å². The molecule has 116 valence electrons. The number of rotatable bonds is 3. The van der Waals surface area contributed by atoms with Crippen LogP contribution in [0.1, 0.15) is 57.6 Å². The van der Waals surface area contributed by atoms with Crippen molar-refractivity contribution >= 4 is 11.7 Å². The minimum absolute atomic E-state index is 0.0295. The monoisotopic (exact) mass is 289 g/mol. The van der Waals surface area contributed by atoms with Crippen LogP contribution in [0.2, 0.25) is 0 Å². The van der Waals surface area contributed by atoms with Gasteiger partial charge in [-0.25, -0.2) is 4.79 Å². The Morgan fingerprint density at radius 2 is 2.10 bits per heavy atom. The van der Waals surface area contributed by atoms with Crippen LogP contribution in [0, 0.1) is 5.92 Å². The van der Waals surface area contributed by atoms with Gasteiger partial charge in [-0.1, -0.05) is 31.9 Å². The second-order valence-corrected chi connectivity index (χ2v) is 6.32. The lowest BCUT2D eigenvalue weighted by Crippen LogP contribution is -2.37. The molecule has 1 aliphatic rings. The smallest absolute Gasteiger partial charge is 0.319 e. The number of hydrogen-bond donors (Lipinski definition) is 3. The zero-order valence-electron chi connectivity index (χ0n) is 13.1. The summed E-state index contributed by atoms with van der Waals surface area (Å²) in [6.45, 7) is 4.23. The average molecular weight is 289 g/mol. The van der Waals surface area contributed by atoms with Gasteiger partial charge in [0.25, 0.3) is 0 Å². The van der Waals surface area contributed by atoms with Gasteiger partial charge < -0.3 is 16.4 Å². The van der Waals surface area contributed by atoms with Crippen LogP contribution in [0.3, 0.4) is 0 Å². The van der Waals surface area contributed by atoms with Crippen molar-refractivity contribution in [3.05, 3.63) is 29.8 Å². The molecule has 1 aromatic carbocycles. The summed E-state index contributed by atoms with van der Waals surface area (Å²) >= 11 is 0. The first-order valence-electron chi connectivity index (χ1n) is 7.97. The summed E-state index contributed by atoms with van der Waals surface area (Å²) in [6.07, 6.45) is 5.83. The topological polar surface area (TPSA) is 67.2 Å². The van der Waals surface area contributed by atoms with E-state index in [1.807, 2.05) is 31.2 Å². The van der Waals surface area contributed by atoms with Crippen molar-refractivity contribution < 1.29 is 4.79 Å². The number of anilines is 1. The van der Waals surface area contributed by atoms with Crippen LogP contribution in [0.15, 0.2) is 24.3 Å². The molecular weight excluding hydrogens is 262 g/mol. The van der Waals surface area contributed by atoms with E-state index in [-0.39, 0.29) is 12.1 Å². The molecule has 4 heteroatoms. The van der Waals surface area contributed by atoms with Gasteiger partial charge in [0.2, 0.25) is 0 Å². The van der Waals surface area contributed by atoms with E-state index in [1.165, 1.54) is 19.3 Å². The predicted molar refractivity (Wildman–Crippen MR) is 87.2 cm³/mol. The molecule has 0 aromatic heterocycles. The van der Waals surface area contributed by atoms with Crippen molar-refractivity contribution in [2.45, 2.75) is 58.0 Å². The van der Waals surface area contributed by atoms with Gasteiger partial charge in [-0.05, 0) is 49.8 Å². The Hall–Kier alpha value is -1.55. The molecule has 1 aliphatic carbocycles. The minimum Gasteiger partial charge on any atom is -0.335 e. The first-order chi connectivity index (χ1) is 10.0. The Morgan fingerprint density at radius 1 is 1.29 bits per heavy atom. The Morgan fingerprint density at radius 3 is 2.86 bits per heavy atom. The van der Waals surface area contributed by atoms with Gasteiger partial charge >= 0.3 is 6.03 Å². The number of amides is 2. The molecule has 0 aliphatic heterocycles. The van der Waals surface area contributed by atoms with Crippen molar-refractivity contribution in [2.24, 2.45) is 11.7 Å². The lowest BCUT2D eigenvalue weighted by Gasteiger charge is -2.17. The number of nitrogens with one attached hydrogen (secondary N) is 2. The van der Waals surface area contributed by atoms with Crippen molar-refractivity contribution in [3.63, 3.8) is 0 Å².